The van der Waals surface area contributed by atoms with Gasteiger partial charge in [0.15, 0.2) is 5.69 Å². The Morgan fingerprint density at radius 1 is 1.53 bits per heavy atom. The number of nitrogens with zero attached hydrogens (tertiary/aromatic N) is 4. The van der Waals surface area contributed by atoms with Crippen molar-refractivity contribution in [2.45, 2.75) is 26.4 Å². The van der Waals surface area contributed by atoms with Crippen LogP contribution in [-0.4, -0.2) is 25.5 Å². The van der Waals surface area contributed by atoms with Crippen LogP contribution in [0.25, 0.3) is 0 Å². The van der Waals surface area contributed by atoms with Gasteiger partial charge in [0, 0.05) is 31.5 Å². The summed E-state index contributed by atoms with van der Waals surface area (Å²) >= 11 is 0. The minimum Gasteiger partial charge on any atom is -0.396 e. The lowest BCUT2D eigenvalue weighted by Crippen LogP contribution is -2.27. The first-order chi connectivity index (χ1) is 9.01. The van der Waals surface area contributed by atoms with E-state index in [-0.39, 0.29) is 17.6 Å². The Morgan fingerprint density at radius 3 is 2.79 bits per heavy atom. The summed E-state index contributed by atoms with van der Waals surface area (Å²) in [7, 11) is 1.83. The summed E-state index contributed by atoms with van der Waals surface area (Å²) < 4.78 is 3.33. The zero-order valence-electron chi connectivity index (χ0n) is 11.3. The Labute approximate surface area is 111 Å². The van der Waals surface area contributed by atoms with Gasteiger partial charge >= 0.3 is 0 Å². The van der Waals surface area contributed by atoms with E-state index >= 15 is 0 Å². The predicted octanol–water partition coefficient (Wildman–Crippen LogP) is 0.710. The molecule has 0 aliphatic rings. The summed E-state index contributed by atoms with van der Waals surface area (Å²) in [4.78, 5) is 12.1. The fourth-order valence-electron chi connectivity index (χ4n) is 1.79. The zero-order chi connectivity index (χ0) is 14.0. The second-order valence-corrected chi connectivity index (χ2v) is 4.43. The quantitative estimate of drug-likeness (QED) is 0.849. The predicted molar refractivity (Wildman–Crippen MR) is 71.4 cm³/mol. The molecule has 2 heterocycles. The van der Waals surface area contributed by atoms with Crippen LogP contribution in [0.5, 0.6) is 0 Å². The van der Waals surface area contributed by atoms with E-state index in [1.54, 1.807) is 21.8 Å². The van der Waals surface area contributed by atoms with E-state index in [0.29, 0.717) is 12.2 Å². The van der Waals surface area contributed by atoms with Crippen molar-refractivity contribution in [3.63, 3.8) is 0 Å². The molecule has 0 bridgehead atoms. The molecule has 2 aromatic heterocycles. The molecule has 2 rings (SSSR count). The van der Waals surface area contributed by atoms with Crippen LogP contribution in [0.3, 0.4) is 0 Å². The van der Waals surface area contributed by atoms with E-state index in [1.807, 2.05) is 27.1 Å². The van der Waals surface area contributed by atoms with E-state index in [2.05, 4.69) is 15.5 Å². The zero-order valence-corrected chi connectivity index (χ0v) is 11.3. The maximum Gasteiger partial charge on any atom is 0.274 e. The molecule has 7 nitrogen and oxygen atoms in total. The molecule has 0 spiro atoms. The van der Waals surface area contributed by atoms with Gasteiger partial charge in [-0.3, -0.25) is 14.2 Å². The van der Waals surface area contributed by atoms with Crippen molar-refractivity contribution in [1.82, 2.24) is 24.9 Å². The van der Waals surface area contributed by atoms with Gasteiger partial charge in [-0.25, -0.2) is 0 Å². The van der Waals surface area contributed by atoms with Crippen LogP contribution in [0.15, 0.2) is 18.6 Å². The van der Waals surface area contributed by atoms with E-state index in [4.69, 9.17) is 5.73 Å². The van der Waals surface area contributed by atoms with Gasteiger partial charge in [0.1, 0.15) is 0 Å². The lowest BCUT2D eigenvalue weighted by Gasteiger charge is -2.10. The van der Waals surface area contributed by atoms with Crippen molar-refractivity contribution in [2.75, 3.05) is 5.73 Å². The number of nitrogens with two attached hydrogens (primary N) is 1. The number of amides is 1. The lowest BCUT2D eigenvalue weighted by molar-refractivity contribution is 0.0935. The summed E-state index contributed by atoms with van der Waals surface area (Å²) in [5.74, 6) is -0.277. The number of nitrogen functional groups attached to an aromatic ring is 1. The number of aromatic nitrogens is 4. The van der Waals surface area contributed by atoms with Gasteiger partial charge in [0.05, 0.1) is 17.9 Å². The molecule has 102 valence electrons. The molecule has 0 saturated heterocycles. The van der Waals surface area contributed by atoms with E-state index < -0.39 is 0 Å². The number of aryl methyl sites for hydroxylation is 2. The molecule has 0 saturated carbocycles. The molecule has 2 aromatic rings. The molecule has 0 aliphatic heterocycles. The summed E-state index contributed by atoms with van der Waals surface area (Å²) in [6, 6.07) is -0.146. The third kappa shape index (κ3) is 2.75. The van der Waals surface area contributed by atoms with Crippen molar-refractivity contribution in [2.24, 2.45) is 7.05 Å². The SMILES string of the molecule is CCn1cc(N)c(C(=O)NC(C)c2cnn(C)c2)n1. The van der Waals surface area contributed by atoms with Gasteiger partial charge in [-0.1, -0.05) is 0 Å². The molecule has 19 heavy (non-hydrogen) atoms. The lowest BCUT2D eigenvalue weighted by atomic mass is 10.2. The van der Waals surface area contributed by atoms with Crippen LogP contribution in [-0.2, 0) is 13.6 Å². The Balaban J connectivity index is 2.10. The van der Waals surface area contributed by atoms with E-state index in [1.165, 1.54) is 0 Å². The van der Waals surface area contributed by atoms with Crippen molar-refractivity contribution in [3.8, 4) is 0 Å². The Bertz CT molecular complexity index is 585. The minimum absolute atomic E-state index is 0.146. The smallest absolute Gasteiger partial charge is 0.274 e. The third-order valence-corrected chi connectivity index (χ3v) is 2.90. The van der Waals surface area contributed by atoms with Crippen LogP contribution < -0.4 is 11.1 Å². The van der Waals surface area contributed by atoms with Gasteiger partial charge in [-0.15, -0.1) is 0 Å². The van der Waals surface area contributed by atoms with Gasteiger partial charge in [-0.05, 0) is 13.8 Å². The first kappa shape index (κ1) is 13.1. The molecule has 0 aliphatic carbocycles. The standard InChI is InChI=1S/C12H18N6O/c1-4-18-7-10(13)11(16-18)12(19)15-8(2)9-5-14-17(3)6-9/h5-8H,4,13H2,1-3H3,(H,15,19). The number of nitrogens with one attached hydrogen (secondary N) is 1. The molecule has 1 amide bonds. The van der Waals surface area contributed by atoms with Crippen LogP contribution >= 0.6 is 0 Å². The van der Waals surface area contributed by atoms with Crippen molar-refractivity contribution in [3.05, 3.63) is 29.8 Å². The summed E-state index contributed by atoms with van der Waals surface area (Å²) in [5, 5.41) is 11.1. The van der Waals surface area contributed by atoms with Gasteiger partial charge in [0.2, 0.25) is 0 Å². The van der Waals surface area contributed by atoms with E-state index in [0.717, 1.165) is 5.56 Å². The highest BCUT2D eigenvalue weighted by atomic mass is 16.2. The molecule has 0 radical (unpaired) electrons. The molecule has 3 N–H and O–H groups in total. The van der Waals surface area contributed by atoms with E-state index in [9.17, 15) is 4.79 Å². The second kappa shape index (κ2) is 5.13. The number of carbonyl (C=O) groups is 1. The number of anilines is 1. The summed E-state index contributed by atoms with van der Waals surface area (Å²) in [6.45, 7) is 4.50. The monoisotopic (exact) mass is 262 g/mol. The fourth-order valence-corrected chi connectivity index (χ4v) is 1.79. The second-order valence-electron chi connectivity index (χ2n) is 4.43. The minimum atomic E-state index is -0.277. The highest BCUT2D eigenvalue weighted by molar-refractivity contribution is 5.97. The molecule has 1 unspecified atom stereocenters. The number of hydrogen-bond acceptors (Lipinski definition) is 4. The number of carbonyl (C=O) groups excluding carboxylic acids is 1. The molecular weight excluding hydrogens is 244 g/mol. The number of hydrogen-bond donors (Lipinski definition) is 2. The normalized spacial score (nSPS) is 12.4. The van der Waals surface area contributed by atoms with Crippen LogP contribution in [0.1, 0.15) is 35.9 Å². The Hall–Kier alpha value is -2.31. The molecule has 7 heteroatoms. The van der Waals surface area contributed by atoms with Crippen molar-refractivity contribution < 1.29 is 4.79 Å². The highest BCUT2D eigenvalue weighted by Crippen LogP contribution is 2.14. The molecule has 1 atom stereocenters. The van der Waals surface area contributed by atoms with Gasteiger partial charge < -0.3 is 11.1 Å². The average molecular weight is 262 g/mol. The van der Waals surface area contributed by atoms with Crippen LogP contribution in [0.2, 0.25) is 0 Å². The van der Waals surface area contributed by atoms with Gasteiger partial charge in [0.25, 0.3) is 5.91 Å². The molecule has 0 fully saturated rings. The largest absolute Gasteiger partial charge is 0.396 e. The first-order valence-electron chi connectivity index (χ1n) is 6.13. The molecule has 0 aromatic carbocycles. The third-order valence-electron chi connectivity index (χ3n) is 2.90. The first-order valence-corrected chi connectivity index (χ1v) is 6.13. The van der Waals surface area contributed by atoms with Crippen LogP contribution in [0, 0.1) is 0 Å². The molecular formula is C12H18N6O. The number of rotatable bonds is 4. The summed E-state index contributed by atoms with van der Waals surface area (Å²) in [6.07, 6.45) is 5.24. The van der Waals surface area contributed by atoms with Crippen molar-refractivity contribution in [1.29, 1.82) is 0 Å². The Kier molecular flexibility index (Phi) is 3.55. The van der Waals surface area contributed by atoms with Crippen LogP contribution in [0.4, 0.5) is 5.69 Å². The topological polar surface area (TPSA) is 90.8 Å². The maximum absolute atomic E-state index is 12.1. The highest BCUT2D eigenvalue weighted by Gasteiger charge is 2.18. The van der Waals surface area contributed by atoms with Gasteiger partial charge in [-0.2, -0.15) is 10.2 Å². The van der Waals surface area contributed by atoms with Crippen molar-refractivity contribution >= 4 is 11.6 Å². The maximum atomic E-state index is 12.1. The average Bonchev–Trinajstić information content (AvgIpc) is 2.95. The fraction of sp³-hybridized carbons (Fsp3) is 0.417. The Morgan fingerprint density at radius 2 is 2.26 bits per heavy atom. The summed E-state index contributed by atoms with van der Waals surface area (Å²) in [5.41, 5.74) is 7.36.